The summed E-state index contributed by atoms with van der Waals surface area (Å²) in [6, 6.07) is 2.30. The molecule has 0 aromatic heterocycles. The average molecular weight is 557 g/mol. The van der Waals surface area contributed by atoms with Crippen LogP contribution in [0.1, 0.15) is 0 Å². The van der Waals surface area contributed by atoms with Crippen LogP contribution in [0.2, 0.25) is 0 Å². The first-order valence-corrected chi connectivity index (χ1v) is 8.35. The fourth-order valence-corrected chi connectivity index (χ4v) is 2.16. The van der Waals surface area contributed by atoms with Crippen molar-refractivity contribution in [2.45, 2.75) is 6.18 Å². The van der Waals surface area contributed by atoms with Crippen LogP contribution >= 0.6 is 31.9 Å². The van der Waals surface area contributed by atoms with Gasteiger partial charge in [0, 0.05) is 11.8 Å². The average Bonchev–Trinajstić information content (AvgIpc) is 2.57. The fourth-order valence-electron chi connectivity index (χ4n) is 1.63. The number of alkyl halides is 3. The molecule has 0 unspecified atom stereocenters. The first-order valence-electron chi connectivity index (χ1n) is 6.76. The second kappa shape index (κ2) is 9.39. The number of benzene rings is 2. The normalized spacial score (nSPS) is 10.8. The lowest BCUT2D eigenvalue weighted by Crippen LogP contribution is -2.30. The Balaban J connectivity index is 0.000000352. The molecule has 2 rings (SSSR count). The minimum atomic E-state index is -5.35. The Kier molecular flexibility index (Phi) is 7.97. The van der Waals surface area contributed by atoms with Crippen LogP contribution in [0.4, 0.5) is 47.8 Å². The van der Waals surface area contributed by atoms with E-state index in [4.69, 9.17) is 5.73 Å². The fraction of sp³-hybridized carbons (Fsp3) is 0.0714. The molecule has 15 heteroatoms. The number of nitro benzene ring substituents is 1. The highest BCUT2D eigenvalue weighted by Gasteiger charge is 2.40. The highest BCUT2D eigenvalue weighted by atomic mass is 79.9. The number of nitro groups is 1. The van der Waals surface area contributed by atoms with Gasteiger partial charge in [0.2, 0.25) is 5.82 Å². The van der Waals surface area contributed by atoms with Crippen molar-refractivity contribution in [3.8, 4) is 0 Å². The zero-order valence-electron chi connectivity index (χ0n) is 13.4. The lowest BCUT2D eigenvalue weighted by Gasteiger charge is -2.09. The van der Waals surface area contributed by atoms with Crippen LogP contribution in [0.3, 0.4) is 0 Å². The Bertz CT molecular complexity index is 947. The zero-order chi connectivity index (χ0) is 22.7. The summed E-state index contributed by atoms with van der Waals surface area (Å²) in [5.41, 5.74) is 2.50. The van der Waals surface area contributed by atoms with Crippen molar-refractivity contribution >= 4 is 54.8 Å². The molecule has 1 amide bonds. The predicted octanol–water partition coefficient (Wildman–Crippen LogP) is 5.45. The van der Waals surface area contributed by atoms with Gasteiger partial charge in [-0.25, -0.2) is 13.2 Å². The second-order valence-corrected chi connectivity index (χ2v) is 6.48. The van der Waals surface area contributed by atoms with Crippen molar-refractivity contribution < 1.29 is 40.5 Å². The molecule has 6 nitrogen and oxygen atoms in total. The van der Waals surface area contributed by atoms with Crippen molar-refractivity contribution in [1.82, 2.24) is 0 Å². The largest absolute Gasteiger partial charge is 0.471 e. The molecule has 0 radical (unpaired) electrons. The zero-order valence-corrected chi connectivity index (χ0v) is 16.6. The number of hydrogen-bond acceptors (Lipinski definition) is 4. The lowest BCUT2D eigenvalue weighted by molar-refractivity contribution is -0.386. The van der Waals surface area contributed by atoms with Gasteiger partial charge in [-0.1, -0.05) is 0 Å². The van der Waals surface area contributed by atoms with Crippen LogP contribution in [0, 0.1) is 33.4 Å². The molecule has 0 aliphatic carbocycles. The van der Waals surface area contributed by atoms with Crippen LogP contribution in [0.5, 0.6) is 0 Å². The first kappa shape index (κ1) is 24.6. The summed E-state index contributed by atoms with van der Waals surface area (Å²) in [6.45, 7) is 0. The SMILES string of the molecule is Nc1cc(F)c(Br)c(F)c1.O=C(Nc1cc(F)c(Br)c(F)c1[N+](=O)[O-])C(F)(F)F. The van der Waals surface area contributed by atoms with E-state index in [1.165, 1.54) is 0 Å². The van der Waals surface area contributed by atoms with Gasteiger partial charge in [-0.3, -0.25) is 14.9 Å². The summed E-state index contributed by atoms with van der Waals surface area (Å²) < 4.78 is 86.2. The Morgan fingerprint density at radius 3 is 1.86 bits per heavy atom. The van der Waals surface area contributed by atoms with Gasteiger partial charge in [0.15, 0.2) is 0 Å². The van der Waals surface area contributed by atoms with Gasteiger partial charge in [0.05, 0.1) is 13.9 Å². The first-order chi connectivity index (χ1) is 13.2. The van der Waals surface area contributed by atoms with Gasteiger partial charge < -0.3 is 11.1 Å². The molecular weight excluding hydrogens is 551 g/mol. The van der Waals surface area contributed by atoms with E-state index in [1.54, 1.807) is 0 Å². The van der Waals surface area contributed by atoms with E-state index in [2.05, 4.69) is 31.9 Å². The summed E-state index contributed by atoms with van der Waals surface area (Å²) in [7, 11) is 0. The molecule has 0 heterocycles. The van der Waals surface area contributed by atoms with E-state index < -0.39 is 56.1 Å². The van der Waals surface area contributed by atoms with Crippen LogP contribution in [0.15, 0.2) is 27.1 Å². The quantitative estimate of drug-likeness (QED) is 0.169. The van der Waals surface area contributed by atoms with Gasteiger partial charge >= 0.3 is 17.8 Å². The number of halogens is 9. The molecule has 0 aliphatic rings. The van der Waals surface area contributed by atoms with Gasteiger partial charge in [0.25, 0.3) is 0 Å². The number of carbonyl (C=O) groups excluding carboxylic acids is 1. The van der Waals surface area contributed by atoms with Crippen LogP contribution in [-0.4, -0.2) is 17.0 Å². The van der Waals surface area contributed by atoms with Crippen molar-refractivity contribution in [3.05, 3.63) is 60.5 Å². The van der Waals surface area contributed by atoms with E-state index in [0.717, 1.165) is 17.4 Å². The van der Waals surface area contributed by atoms with Crippen molar-refractivity contribution in [2.24, 2.45) is 0 Å². The van der Waals surface area contributed by atoms with E-state index >= 15 is 0 Å². The van der Waals surface area contributed by atoms with Crippen LogP contribution in [-0.2, 0) is 4.79 Å². The highest BCUT2D eigenvalue weighted by molar-refractivity contribution is 9.10. The Hall–Kier alpha value is -2.42. The van der Waals surface area contributed by atoms with Crippen LogP contribution in [0.25, 0.3) is 0 Å². The number of nitrogens with two attached hydrogens (primary N) is 1. The third-order valence-electron chi connectivity index (χ3n) is 2.83. The molecule has 2 aromatic carbocycles. The molecule has 0 fully saturated rings. The number of amides is 1. The molecule has 2 aromatic rings. The third-order valence-corrected chi connectivity index (χ3v) is 4.32. The summed E-state index contributed by atoms with van der Waals surface area (Å²) in [5, 5.41) is 11.6. The molecular formula is C14H6Br2F7N3O3. The maximum absolute atomic E-state index is 13.4. The molecule has 0 atom stereocenters. The van der Waals surface area contributed by atoms with Gasteiger partial charge in [-0.15, -0.1) is 0 Å². The molecule has 0 bridgehead atoms. The molecule has 0 saturated heterocycles. The molecule has 29 heavy (non-hydrogen) atoms. The number of hydrogen-bond donors (Lipinski definition) is 2. The number of nitrogens with zero attached hydrogens (tertiary/aromatic N) is 1. The van der Waals surface area contributed by atoms with Gasteiger partial charge in [0.1, 0.15) is 23.1 Å². The Morgan fingerprint density at radius 1 is 1.00 bits per heavy atom. The minimum absolute atomic E-state index is 0.0817. The standard InChI is InChI=1S/C8H2BrF5N2O3.C6H4BrF2N/c9-4-2(10)1-3(6(5(4)11)16(18)19)15-7(17)8(12,13)14;7-6-4(8)1-3(10)2-5(6)9/h1H,(H,15,17);1-2H,10H2. The number of nitrogen functional groups attached to an aromatic ring is 1. The smallest absolute Gasteiger partial charge is 0.399 e. The molecule has 158 valence electrons. The maximum atomic E-state index is 13.4. The minimum Gasteiger partial charge on any atom is -0.399 e. The maximum Gasteiger partial charge on any atom is 0.471 e. The lowest BCUT2D eigenvalue weighted by atomic mass is 10.2. The molecule has 0 aliphatic heterocycles. The topological polar surface area (TPSA) is 98.3 Å². The molecule has 0 spiro atoms. The van der Waals surface area contributed by atoms with Crippen LogP contribution < -0.4 is 11.1 Å². The summed E-state index contributed by atoms with van der Waals surface area (Å²) >= 11 is 5.06. The number of anilines is 2. The molecule has 0 saturated carbocycles. The van der Waals surface area contributed by atoms with Crippen molar-refractivity contribution in [3.63, 3.8) is 0 Å². The highest BCUT2D eigenvalue weighted by Crippen LogP contribution is 2.35. The van der Waals surface area contributed by atoms with Crippen molar-refractivity contribution in [1.29, 1.82) is 0 Å². The summed E-state index contributed by atoms with van der Waals surface area (Å²) in [5.74, 6) is -7.09. The van der Waals surface area contributed by atoms with Crippen molar-refractivity contribution in [2.75, 3.05) is 11.1 Å². The third kappa shape index (κ3) is 6.28. The van der Waals surface area contributed by atoms with Gasteiger partial charge in [-0.2, -0.15) is 17.6 Å². The number of nitrogens with one attached hydrogen (secondary N) is 1. The van der Waals surface area contributed by atoms with E-state index in [9.17, 15) is 45.6 Å². The van der Waals surface area contributed by atoms with Gasteiger partial charge in [-0.05, 0) is 44.0 Å². The summed E-state index contributed by atoms with van der Waals surface area (Å²) in [4.78, 5) is 19.7. The number of rotatable bonds is 2. The van der Waals surface area contributed by atoms with E-state index in [0.29, 0.717) is 0 Å². The molecule has 3 N–H and O–H groups in total. The Labute approximate surface area is 173 Å². The Morgan fingerprint density at radius 2 is 1.45 bits per heavy atom. The van der Waals surface area contributed by atoms with E-state index in [1.807, 2.05) is 0 Å². The summed E-state index contributed by atoms with van der Waals surface area (Å²) in [6.07, 6.45) is -5.35. The second-order valence-electron chi connectivity index (χ2n) is 4.89. The number of carbonyl (C=O) groups is 1. The predicted molar refractivity (Wildman–Crippen MR) is 93.9 cm³/mol. The van der Waals surface area contributed by atoms with E-state index in [-0.39, 0.29) is 16.2 Å². The monoisotopic (exact) mass is 555 g/mol.